The molecule has 0 fully saturated rings. The molecule has 3 rings (SSSR count). The average molecular weight is 282 g/mol. The van der Waals surface area contributed by atoms with Gasteiger partial charge in [0.15, 0.2) is 4.34 Å². The monoisotopic (exact) mass is 282 g/mol. The van der Waals surface area contributed by atoms with Gasteiger partial charge in [0, 0.05) is 11.8 Å². The van der Waals surface area contributed by atoms with Gasteiger partial charge in [0.2, 0.25) is 0 Å². The molecule has 0 atom stereocenters. The van der Waals surface area contributed by atoms with Gasteiger partial charge in [-0.05, 0) is 29.9 Å². The van der Waals surface area contributed by atoms with E-state index in [9.17, 15) is 0 Å². The zero-order valence-corrected chi connectivity index (χ0v) is 11.1. The van der Waals surface area contributed by atoms with E-state index in [2.05, 4.69) is 19.6 Å². The van der Waals surface area contributed by atoms with E-state index in [1.54, 1.807) is 11.3 Å². The molecule has 0 unspecified atom stereocenters. The van der Waals surface area contributed by atoms with E-state index in [1.165, 1.54) is 23.3 Å². The zero-order valence-electron chi connectivity index (χ0n) is 8.65. The first-order chi connectivity index (χ1) is 8.31. The highest BCUT2D eigenvalue weighted by molar-refractivity contribution is 8.00. The van der Waals surface area contributed by atoms with Gasteiger partial charge in [-0.15, -0.1) is 21.5 Å². The number of thiophene rings is 1. The Kier molecular flexibility index (Phi) is 2.91. The highest BCUT2D eigenvalue weighted by atomic mass is 32.2. The van der Waals surface area contributed by atoms with Gasteiger partial charge in [0.1, 0.15) is 5.82 Å². The maximum Gasteiger partial charge on any atom is 0.284 e. The second kappa shape index (κ2) is 4.55. The van der Waals surface area contributed by atoms with E-state index in [-0.39, 0.29) is 0 Å². The van der Waals surface area contributed by atoms with Crippen LogP contribution in [0.2, 0.25) is 0 Å². The number of hydrogen-bond donors (Lipinski definition) is 0. The Morgan fingerprint density at radius 1 is 1.35 bits per heavy atom. The molecular formula is C9H6N4OS3. The first kappa shape index (κ1) is 10.9. The van der Waals surface area contributed by atoms with E-state index in [0.717, 1.165) is 15.0 Å². The van der Waals surface area contributed by atoms with Gasteiger partial charge in [-0.1, -0.05) is 6.07 Å². The molecule has 0 bridgehead atoms. The molecule has 0 saturated heterocycles. The smallest absolute Gasteiger partial charge is 0.284 e. The second-order valence-electron chi connectivity index (χ2n) is 3.06. The van der Waals surface area contributed by atoms with Crippen LogP contribution >= 0.6 is 34.6 Å². The van der Waals surface area contributed by atoms with Gasteiger partial charge in [-0.2, -0.15) is 4.37 Å². The number of rotatable bonds is 3. The largest absolute Gasteiger partial charge is 0.410 e. The third-order valence-corrected chi connectivity index (χ3v) is 4.36. The normalized spacial score (nSPS) is 10.9. The molecule has 0 N–H and O–H groups in total. The molecule has 17 heavy (non-hydrogen) atoms. The molecule has 5 nitrogen and oxygen atoms in total. The maximum absolute atomic E-state index is 5.53. The van der Waals surface area contributed by atoms with Crippen molar-refractivity contribution in [1.82, 2.24) is 19.6 Å². The van der Waals surface area contributed by atoms with Crippen molar-refractivity contribution >= 4 is 34.6 Å². The number of aryl methyl sites for hydroxylation is 1. The summed E-state index contributed by atoms with van der Waals surface area (Å²) in [6.07, 6.45) is 0. The summed E-state index contributed by atoms with van der Waals surface area (Å²) in [6, 6.07) is 3.90. The molecule has 0 radical (unpaired) electrons. The van der Waals surface area contributed by atoms with Crippen molar-refractivity contribution in [3.05, 3.63) is 23.3 Å². The lowest BCUT2D eigenvalue weighted by atomic mass is 10.5. The van der Waals surface area contributed by atoms with Gasteiger partial charge in [-0.25, -0.2) is 4.98 Å². The summed E-state index contributed by atoms with van der Waals surface area (Å²) < 4.78 is 10.4. The number of nitrogens with zero attached hydrogens (tertiary/aromatic N) is 4. The van der Waals surface area contributed by atoms with Crippen molar-refractivity contribution in [2.75, 3.05) is 0 Å². The summed E-state index contributed by atoms with van der Waals surface area (Å²) in [5.41, 5.74) is 0. The van der Waals surface area contributed by atoms with E-state index in [4.69, 9.17) is 4.42 Å². The topological polar surface area (TPSA) is 64.7 Å². The lowest BCUT2D eigenvalue weighted by molar-refractivity contribution is 0.467. The van der Waals surface area contributed by atoms with Gasteiger partial charge in [-0.3, -0.25) is 0 Å². The van der Waals surface area contributed by atoms with Crippen molar-refractivity contribution < 1.29 is 4.42 Å². The SMILES string of the molecule is Cc1nsc(Sc2nnc(-c3cccs3)o2)n1. The molecule has 8 heteroatoms. The highest BCUT2D eigenvalue weighted by Crippen LogP contribution is 2.31. The molecule has 0 amide bonds. The molecule has 0 aliphatic carbocycles. The number of aromatic nitrogens is 4. The minimum Gasteiger partial charge on any atom is -0.410 e. The van der Waals surface area contributed by atoms with Crippen molar-refractivity contribution in [2.45, 2.75) is 16.5 Å². The van der Waals surface area contributed by atoms with Gasteiger partial charge < -0.3 is 4.42 Å². The number of hydrogen-bond acceptors (Lipinski definition) is 8. The molecule has 86 valence electrons. The Morgan fingerprint density at radius 3 is 3.00 bits per heavy atom. The predicted octanol–water partition coefficient (Wildman–Crippen LogP) is 3.11. The fourth-order valence-corrected chi connectivity index (χ4v) is 3.22. The van der Waals surface area contributed by atoms with Gasteiger partial charge in [0.05, 0.1) is 4.88 Å². The van der Waals surface area contributed by atoms with Crippen LogP contribution in [0.1, 0.15) is 5.82 Å². The quantitative estimate of drug-likeness (QED) is 0.735. The summed E-state index contributed by atoms with van der Waals surface area (Å²) >= 11 is 4.23. The predicted molar refractivity (Wildman–Crippen MR) is 66.4 cm³/mol. The lowest BCUT2D eigenvalue weighted by Crippen LogP contribution is -1.74. The van der Waals surface area contributed by atoms with Crippen molar-refractivity contribution in [3.63, 3.8) is 0 Å². The van der Waals surface area contributed by atoms with Crippen LogP contribution < -0.4 is 0 Å². The first-order valence-electron chi connectivity index (χ1n) is 4.67. The van der Waals surface area contributed by atoms with Crippen LogP contribution in [0.25, 0.3) is 10.8 Å². The molecule has 0 aliphatic heterocycles. The highest BCUT2D eigenvalue weighted by Gasteiger charge is 2.12. The molecule has 3 aromatic heterocycles. The Hall–Kier alpha value is -1.25. The van der Waals surface area contributed by atoms with E-state index >= 15 is 0 Å². The van der Waals surface area contributed by atoms with Crippen LogP contribution in [0, 0.1) is 6.92 Å². The summed E-state index contributed by atoms with van der Waals surface area (Å²) in [7, 11) is 0. The Morgan fingerprint density at radius 2 is 2.29 bits per heavy atom. The fraction of sp³-hybridized carbons (Fsp3) is 0.111. The Bertz CT molecular complexity index is 616. The molecule has 3 heterocycles. The maximum atomic E-state index is 5.53. The van der Waals surface area contributed by atoms with Crippen LogP contribution in [-0.4, -0.2) is 19.6 Å². The summed E-state index contributed by atoms with van der Waals surface area (Å²) in [5, 5.41) is 10.4. The minimum atomic E-state index is 0.490. The molecule has 3 aromatic rings. The molecule has 0 aromatic carbocycles. The average Bonchev–Trinajstić information content (AvgIpc) is 3.00. The molecular weight excluding hydrogens is 276 g/mol. The van der Waals surface area contributed by atoms with E-state index < -0.39 is 0 Å². The Labute approximate surface area is 109 Å². The van der Waals surface area contributed by atoms with Crippen LogP contribution in [0.3, 0.4) is 0 Å². The first-order valence-corrected chi connectivity index (χ1v) is 7.14. The standard InChI is InChI=1S/C9H6N4OS3/c1-5-10-9(17-13-5)16-8-12-11-7(14-8)6-3-2-4-15-6/h2-4H,1H3. The summed E-state index contributed by atoms with van der Waals surface area (Å²) in [6.45, 7) is 1.85. The third-order valence-electron chi connectivity index (χ3n) is 1.82. The van der Waals surface area contributed by atoms with Crippen molar-refractivity contribution in [2.24, 2.45) is 0 Å². The summed E-state index contributed by atoms with van der Waals surface area (Å²) in [5.74, 6) is 1.30. The molecule has 0 aliphatic rings. The van der Waals surface area contributed by atoms with Crippen LogP contribution in [-0.2, 0) is 0 Å². The van der Waals surface area contributed by atoms with Crippen molar-refractivity contribution in [3.8, 4) is 10.8 Å². The van der Waals surface area contributed by atoms with E-state index in [1.807, 2.05) is 24.4 Å². The van der Waals surface area contributed by atoms with Crippen LogP contribution in [0.15, 0.2) is 31.5 Å². The van der Waals surface area contributed by atoms with Gasteiger partial charge in [0.25, 0.3) is 11.1 Å². The van der Waals surface area contributed by atoms with E-state index in [0.29, 0.717) is 11.1 Å². The van der Waals surface area contributed by atoms with Gasteiger partial charge >= 0.3 is 0 Å². The zero-order chi connectivity index (χ0) is 11.7. The lowest BCUT2D eigenvalue weighted by Gasteiger charge is -1.87. The molecule has 0 spiro atoms. The van der Waals surface area contributed by atoms with Crippen molar-refractivity contribution in [1.29, 1.82) is 0 Å². The third kappa shape index (κ3) is 2.38. The summed E-state index contributed by atoms with van der Waals surface area (Å²) in [4.78, 5) is 5.19. The minimum absolute atomic E-state index is 0.490. The fourth-order valence-electron chi connectivity index (χ4n) is 1.15. The molecule has 0 saturated carbocycles. The van der Waals surface area contributed by atoms with Crippen LogP contribution in [0.5, 0.6) is 0 Å². The Balaban J connectivity index is 1.81. The van der Waals surface area contributed by atoms with Crippen LogP contribution in [0.4, 0.5) is 0 Å². The second-order valence-corrected chi connectivity index (χ2v) is 5.96.